The molecule has 138 valence electrons. The second kappa shape index (κ2) is 7.19. The SMILES string of the molecule is Cc1cc(C)cc(-n2nc3c(c2NC(=O)Cc2ccc(F)cc2)CSC3)c1. The molecule has 2 aromatic carbocycles. The predicted molar refractivity (Wildman–Crippen MR) is 107 cm³/mol. The van der Waals surface area contributed by atoms with Gasteiger partial charge in [-0.15, -0.1) is 0 Å². The lowest BCUT2D eigenvalue weighted by atomic mass is 10.1. The van der Waals surface area contributed by atoms with E-state index < -0.39 is 0 Å². The highest BCUT2D eigenvalue weighted by Gasteiger charge is 2.24. The third-order valence-electron chi connectivity index (χ3n) is 4.54. The van der Waals surface area contributed by atoms with Crippen LogP contribution in [0.25, 0.3) is 5.69 Å². The number of hydrogen-bond acceptors (Lipinski definition) is 3. The summed E-state index contributed by atoms with van der Waals surface area (Å²) in [5.74, 6) is 2.00. The Morgan fingerprint density at radius 2 is 1.85 bits per heavy atom. The van der Waals surface area contributed by atoms with Gasteiger partial charge < -0.3 is 5.32 Å². The largest absolute Gasteiger partial charge is 0.310 e. The highest BCUT2D eigenvalue weighted by Crippen LogP contribution is 2.36. The second-order valence-electron chi connectivity index (χ2n) is 6.88. The Kier molecular flexibility index (Phi) is 4.74. The molecule has 0 radical (unpaired) electrons. The second-order valence-corrected chi connectivity index (χ2v) is 7.86. The van der Waals surface area contributed by atoms with Crippen LogP contribution in [0.1, 0.15) is 27.9 Å². The minimum atomic E-state index is -0.304. The number of carbonyl (C=O) groups is 1. The van der Waals surface area contributed by atoms with E-state index in [1.54, 1.807) is 23.9 Å². The molecule has 0 bridgehead atoms. The van der Waals surface area contributed by atoms with E-state index >= 15 is 0 Å². The number of aromatic nitrogens is 2. The first kappa shape index (κ1) is 17.8. The van der Waals surface area contributed by atoms with Gasteiger partial charge in [0.05, 0.1) is 17.8 Å². The van der Waals surface area contributed by atoms with Crippen molar-refractivity contribution in [1.82, 2.24) is 9.78 Å². The lowest BCUT2D eigenvalue weighted by molar-refractivity contribution is -0.115. The van der Waals surface area contributed by atoms with Crippen LogP contribution in [0.5, 0.6) is 0 Å². The van der Waals surface area contributed by atoms with Gasteiger partial charge >= 0.3 is 0 Å². The van der Waals surface area contributed by atoms with Crippen LogP contribution in [0.4, 0.5) is 10.2 Å². The number of thioether (sulfide) groups is 1. The van der Waals surface area contributed by atoms with Crippen molar-refractivity contribution in [2.45, 2.75) is 31.8 Å². The van der Waals surface area contributed by atoms with E-state index in [1.807, 2.05) is 4.68 Å². The van der Waals surface area contributed by atoms with E-state index in [1.165, 1.54) is 12.1 Å². The fraction of sp³-hybridized carbons (Fsp3) is 0.238. The van der Waals surface area contributed by atoms with Gasteiger partial charge in [0.15, 0.2) is 0 Å². The first-order chi connectivity index (χ1) is 13.0. The van der Waals surface area contributed by atoms with Gasteiger partial charge in [-0.2, -0.15) is 16.9 Å². The Morgan fingerprint density at radius 1 is 1.15 bits per heavy atom. The molecule has 0 saturated heterocycles. The highest BCUT2D eigenvalue weighted by atomic mass is 32.2. The van der Waals surface area contributed by atoms with Gasteiger partial charge in [-0.3, -0.25) is 4.79 Å². The summed E-state index contributed by atoms with van der Waals surface area (Å²) in [7, 11) is 0. The van der Waals surface area contributed by atoms with Crippen LogP contribution in [0.3, 0.4) is 0 Å². The van der Waals surface area contributed by atoms with Crippen molar-refractivity contribution in [2.24, 2.45) is 0 Å². The molecule has 0 saturated carbocycles. The number of benzene rings is 2. The number of amides is 1. The molecule has 4 nitrogen and oxygen atoms in total. The minimum Gasteiger partial charge on any atom is -0.310 e. The molecule has 1 amide bonds. The van der Waals surface area contributed by atoms with E-state index in [9.17, 15) is 9.18 Å². The van der Waals surface area contributed by atoms with E-state index in [4.69, 9.17) is 5.10 Å². The van der Waals surface area contributed by atoms with E-state index in [2.05, 4.69) is 37.4 Å². The van der Waals surface area contributed by atoms with E-state index in [0.29, 0.717) is 0 Å². The van der Waals surface area contributed by atoms with Crippen LogP contribution in [0.2, 0.25) is 0 Å². The van der Waals surface area contributed by atoms with Crippen LogP contribution >= 0.6 is 11.8 Å². The highest BCUT2D eigenvalue weighted by molar-refractivity contribution is 7.98. The maximum atomic E-state index is 13.1. The number of fused-ring (bicyclic) bond motifs is 1. The molecule has 0 aliphatic carbocycles. The summed E-state index contributed by atoms with van der Waals surface area (Å²) >= 11 is 1.80. The number of nitrogens with one attached hydrogen (secondary N) is 1. The summed E-state index contributed by atoms with van der Waals surface area (Å²) in [4.78, 5) is 12.6. The van der Waals surface area contributed by atoms with Gasteiger partial charge in [-0.1, -0.05) is 18.2 Å². The molecule has 6 heteroatoms. The first-order valence-corrected chi connectivity index (χ1v) is 9.96. The molecule has 0 fully saturated rings. The van der Waals surface area contributed by atoms with E-state index in [0.717, 1.165) is 51.0 Å². The van der Waals surface area contributed by atoms with Crippen molar-refractivity contribution in [3.05, 3.63) is 76.2 Å². The smallest absolute Gasteiger partial charge is 0.229 e. The maximum Gasteiger partial charge on any atom is 0.229 e. The average molecular weight is 381 g/mol. The van der Waals surface area contributed by atoms with Gasteiger partial charge in [0.25, 0.3) is 0 Å². The number of rotatable bonds is 4. The van der Waals surface area contributed by atoms with Crippen molar-refractivity contribution in [1.29, 1.82) is 0 Å². The van der Waals surface area contributed by atoms with Gasteiger partial charge in [0.1, 0.15) is 11.6 Å². The molecule has 1 aliphatic heterocycles. The summed E-state index contributed by atoms with van der Waals surface area (Å²) in [6, 6.07) is 12.3. The molecule has 1 aromatic heterocycles. The Labute approximate surface area is 161 Å². The molecule has 0 unspecified atom stereocenters. The van der Waals surface area contributed by atoms with Crippen molar-refractivity contribution in [3.63, 3.8) is 0 Å². The number of anilines is 1. The topological polar surface area (TPSA) is 46.9 Å². The zero-order valence-corrected chi connectivity index (χ0v) is 16.1. The summed E-state index contributed by atoms with van der Waals surface area (Å²) in [5.41, 5.74) is 6.14. The molecule has 0 atom stereocenters. The number of aryl methyl sites for hydroxylation is 2. The first-order valence-electron chi connectivity index (χ1n) is 8.81. The van der Waals surface area contributed by atoms with Crippen molar-refractivity contribution in [2.75, 3.05) is 5.32 Å². The molecule has 4 rings (SSSR count). The molecule has 3 aromatic rings. The fourth-order valence-electron chi connectivity index (χ4n) is 3.37. The van der Waals surface area contributed by atoms with Gasteiger partial charge in [0, 0.05) is 17.1 Å². The van der Waals surface area contributed by atoms with Crippen molar-refractivity contribution < 1.29 is 9.18 Å². The monoisotopic (exact) mass is 381 g/mol. The van der Waals surface area contributed by atoms with Gasteiger partial charge in [-0.05, 0) is 54.8 Å². The van der Waals surface area contributed by atoms with Gasteiger partial charge in [-0.25, -0.2) is 9.07 Å². The Hall–Kier alpha value is -2.60. The van der Waals surface area contributed by atoms with Crippen LogP contribution in [-0.4, -0.2) is 15.7 Å². The molecule has 0 spiro atoms. The Bertz CT molecular complexity index is 991. The maximum absolute atomic E-state index is 13.1. The molecule has 2 heterocycles. The van der Waals surface area contributed by atoms with Crippen LogP contribution in [0, 0.1) is 19.7 Å². The normalized spacial score (nSPS) is 12.9. The van der Waals surface area contributed by atoms with E-state index in [-0.39, 0.29) is 18.1 Å². The molecule has 1 N–H and O–H groups in total. The van der Waals surface area contributed by atoms with Gasteiger partial charge in [0.2, 0.25) is 5.91 Å². The van der Waals surface area contributed by atoms with Crippen molar-refractivity contribution in [3.8, 4) is 5.69 Å². The fourth-order valence-corrected chi connectivity index (χ4v) is 4.40. The molecule has 1 aliphatic rings. The Morgan fingerprint density at radius 3 is 2.56 bits per heavy atom. The summed E-state index contributed by atoms with van der Waals surface area (Å²) in [6.45, 7) is 4.10. The molecular formula is C21H20FN3OS. The quantitative estimate of drug-likeness (QED) is 0.721. The van der Waals surface area contributed by atoms with Crippen LogP contribution < -0.4 is 5.32 Å². The summed E-state index contributed by atoms with van der Waals surface area (Å²) in [6.07, 6.45) is 0.195. The molecule has 27 heavy (non-hydrogen) atoms. The van der Waals surface area contributed by atoms with Crippen LogP contribution in [0.15, 0.2) is 42.5 Å². The van der Waals surface area contributed by atoms with Crippen LogP contribution in [-0.2, 0) is 22.7 Å². The third-order valence-corrected chi connectivity index (χ3v) is 5.51. The summed E-state index contributed by atoms with van der Waals surface area (Å²) < 4.78 is 14.9. The number of hydrogen-bond donors (Lipinski definition) is 1. The zero-order valence-electron chi connectivity index (χ0n) is 15.3. The minimum absolute atomic E-state index is 0.133. The number of carbonyl (C=O) groups excluding carboxylic acids is 1. The zero-order chi connectivity index (χ0) is 19.0. The standard InChI is InChI=1S/C21H20FN3OS/c1-13-7-14(2)9-17(8-13)25-21(18-11-27-12-19(18)24-25)23-20(26)10-15-3-5-16(22)6-4-15/h3-9H,10-12H2,1-2H3,(H,23,26). The lowest BCUT2D eigenvalue weighted by Gasteiger charge is -2.12. The average Bonchev–Trinajstić information content (AvgIpc) is 3.19. The lowest BCUT2D eigenvalue weighted by Crippen LogP contribution is -2.18. The number of halogens is 1. The third kappa shape index (κ3) is 3.76. The molecular weight excluding hydrogens is 361 g/mol. The summed E-state index contributed by atoms with van der Waals surface area (Å²) in [5, 5.41) is 7.79. The predicted octanol–water partition coefficient (Wildman–Crippen LogP) is 4.56. The Balaban J connectivity index is 1.65. The number of nitrogens with zero attached hydrogens (tertiary/aromatic N) is 2. The van der Waals surface area contributed by atoms with Crippen molar-refractivity contribution >= 4 is 23.5 Å².